The molecule has 11 aromatic rings. The molecule has 0 aliphatic carbocycles. The second-order valence-corrected chi connectivity index (χ2v) is 12.9. The van der Waals surface area contributed by atoms with Gasteiger partial charge in [0.05, 0.1) is 28.1 Å². The van der Waals surface area contributed by atoms with E-state index < -0.39 is 0 Å². The quantitative estimate of drug-likeness (QED) is 0.192. The number of rotatable bonds is 4. The van der Waals surface area contributed by atoms with Gasteiger partial charge in [0.25, 0.3) is 0 Å². The number of benzene rings is 8. The minimum Gasteiger partial charge on any atom is -0.456 e. The largest absolute Gasteiger partial charge is 0.456 e. The van der Waals surface area contributed by atoms with Crippen LogP contribution >= 0.6 is 0 Å². The number of hydrogen-bond acceptors (Lipinski definition) is 3. The smallest absolute Gasteiger partial charge is 0.159 e. The number of fused-ring (bicyclic) bond motifs is 10. The minimum absolute atomic E-state index is 0.839. The van der Waals surface area contributed by atoms with Crippen molar-refractivity contribution < 1.29 is 8.83 Å². The Morgan fingerprint density at radius 3 is 1.96 bits per heavy atom. The molecule has 0 saturated heterocycles. The lowest BCUT2D eigenvalue weighted by Crippen LogP contribution is -2.10. The molecule has 0 spiro atoms. The lowest BCUT2D eigenvalue weighted by Gasteiger charge is -2.26. The third-order valence-corrected chi connectivity index (χ3v) is 10.1. The molecule has 0 radical (unpaired) electrons. The lowest BCUT2D eigenvalue weighted by atomic mass is 10.0. The van der Waals surface area contributed by atoms with Gasteiger partial charge in [-0.25, -0.2) is 0 Å². The molecule has 3 heterocycles. The predicted octanol–water partition coefficient (Wildman–Crippen LogP) is 13.2. The molecular weight excluding hydrogens is 613 g/mol. The zero-order chi connectivity index (χ0) is 32.8. The molecule has 11 rings (SSSR count). The van der Waals surface area contributed by atoms with E-state index in [0.29, 0.717) is 0 Å². The maximum absolute atomic E-state index is 6.85. The van der Waals surface area contributed by atoms with Crippen molar-refractivity contribution in [2.45, 2.75) is 0 Å². The molecule has 3 aromatic heterocycles. The van der Waals surface area contributed by atoms with Crippen molar-refractivity contribution in [3.05, 3.63) is 170 Å². The number of hydrogen-bond donors (Lipinski definition) is 0. The van der Waals surface area contributed by atoms with Gasteiger partial charge < -0.3 is 18.3 Å². The summed E-state index contributed by atoms with van der Waals surface area (Å²) in [7, 11) is 0. The van der Waals surface area contributed by atoms with Crippen LogP contribution < -0.4 is 4.90 Å². The van der Waals surface area contributed by atoms with Gasteiger partial charge in [-0.3, -0.25) is 0 Å². The van der Waals surface area contributed by atoms with Crippen molar-refractivity contribution >= 4 is 93.5 Å². The van der Waals surface area contributed by atoms with Crippen LogP contribution in [-0.2, 0) is 0 Å². The molecule has 234 valence electrons. The van der Waals surface area contributed by atoms with E-state index in [2.05, 4.69) is 167 Å². The van der Waals surface area contributed by atoms with Crippen LogP contribution in [0.1, 0.15) is 0 Å². The van der Waals surface area contributed by atoms with Gasteiger partial charge in [-0.15, -0.1) is 0 Å². The third kappa shape index (κ3) is 3.87. The van der Waals surface area contributed by atoms with E-state index in [1.165, 1.54) is 10.8 Å². The van der Waals surface area contributed by atoms with E-state index in [1.54, 1.807) is 0 Å². The van der Waals surface area contributed by atoms with Gasteiger partial charge in [0.1, 0.15) is 16.7 Å². The Hall–Kier alpha value is -6.78. The number of anilines is 3. The summed E-state index contributed by atoms with van der Waals surface area (Å²) in [6.45, 7) is 0. The standard InChI is InChI=1S/C46H28N2O2/c1-2-14-31(15-3-1)47-38-19-8-6-17-36(38)45-39(47)20-11-21-40(45)48(32-24-25-34-33-16-7-9-23-42(33)49-44(34)28-32)41-22-10-18-35-37-26-29-12-4-5-13-30(29)27-43(37)50-46(35)41/h1-28H. The fraction of sp³-hybridized carbons (Fsp3) is 0. The minimum atomic E-state index is 0.839. The van der Waals surface area contributed by atoms with Gasteiger partial charge in [0.15, 0.2) is 5.58 Å². The van der Waals surface area contributed by atoms with Crippen LogP contribution in [-0.4, -0.2) is 4.57 Å². The fourth-order valence-electron chi connectivity index (χ4n) is 7.95. The predicted molar refractivity (Wildman–Crippen MR) is 208 cm³/mol. The summed E-state index contributed by atoms with van der Waals surface area (Å²) in [5.41, 5.74) is 9.85. The molecule has 0 amide bonds. The molecule has 0 bridgehead atoms. The topological polar surface area (TPSA) is 34.5 Å². The highest BCUT2D eigenvalue weighted by molar-refractivity contribution is 6.19. The highest BCUT2D eigenvalue weighted by Crippen LogP contribution is 2.48. The van der Waals surface area contributed by atoms with E-state index in [4.69, 9.17) is 8.83 Å². The molecule has 4 heteroatoms. The van der Waals surface area contributed by atoms with E-state index in [-0.39, 0.29) is 0 Å². The van der Waals surface area contributed by atoms with E-state index >= 15 is 0 Å². The van der Waals surface area contributed by atoms with Crippen LogP contribution in [0.15, 0.2) is 179 Å². The molecule has 0 fully saturated rings. The Morgan fingerprint density at radius 2 is 1.06 bits per heavy atom. The summed E-state index contributed by atoms with van der Waals surface area (Å²) in [6, 6.07) is 60.0. The van der Waals surface area contributed by atoms with Crippen LogP contribution in [0.3, 0.4) is 0 Å². The van der Waals surface area contributed by atoms with E-state index in [9.17, 15) is 0 Å². The van der Waals surface area contributed by atoms with Gasteiger partial charge in [0.2, 0.25) is 0 Å². The first-order valence-electron chi connectivity index (χ1n) is 16.9. The van der Waals surface area contributed by atoms with Gasteiger partial charge in [-0.2, -0.15) is 0 Å². The second kappa shape index (κ2) is 10.4. The summed E-state index contributed by atoms with van der Waals surface area (Å²) >= 11 is 0. The van der Waals surface area contributed by atoms with Crippen LogP contribution in [0.4, 0.5) is 17.1 Å². The Bertz CT molecular complexity index is 3110. The Morgan fingerprint density at radius 1 is 0.400 bits per heavy atom. The van der Waals surface area contributed by atoms with Crippen molar-refractivity contribution in [2.24, 2.45) is 0 Å². The summed E-state index contributed by atoms with van der Waals surface area (Å²) in [5, 5.41) is 9.08. The number of aromatic nitrogens is 1. The Labute approximate surface area is 286 Å². The number of furan rings is 2. The zero-order valence-electron chi connectivity index (χ0n) is 26.9. The van der Waals surface area contributed by atoms with Crippen molar-refractivity contribution in [1.29, 1.82) is 0 Å². The molecule has 8 aromatic carbocycles. The molecule has 0 saturated carbocycles. The fourth-order valence-corrected chi connectivity index (χ4v) is 7.95. The average molecular weight is 641 g/mol. The molecule has 0 aliphatic rings. The van der Waals surface area contributed by atoms with Gasteiger partial charge >= 0.3 is 0 Å². The van der Waals surface area contributed by atoms with E-state index in [0.717, 1.165) is 88.4 Å². The summed E-state index contributed by atoms with van der Waals surface area (Å²) in [4.78, 5) is 2.35. The van der Waals surface area contributed by atoms with Crippen molar-refractivity contribution in [1.82, 2.24) is 4.57 Å². The van der Waals surface area contributed by atoms with Crippen molar-refractivity contribution in [2.75, 3.05) is 4.90 Å². The Kier molecular flexibility index (Phi) is 5.63. The molecule has 50 heavy (non-hydrogen) atoms. The highest BCUT2D eigenvalue weighted by atomic mass is 16.3. The molecular formula is C46H28N2O2. The van der Waals surface area contributed by atoms with Gasteiger partial charge in [-0.1, -0.05) is 97.1 Å². The molecule has 0 N–H and O–H groups in total. The van der Waals surface area contributed by atoms with Crippen LogP contribution in [0.2, 0.25) is 0 Å². The SMILES string of the molecule is c1ccc(-n2c3ccccc3c3c(N(c4ccc5c(c4)oc4ccccc45)c4cccc5c4oc4cc6ccccc6cc45)cccc32)cc1. The number of nitrogens with zero attached hydrogens (tertiary/aromatic N) is 2. The van der Waals surface area contributed by atoms with E-state index in [1.807, 2.05) is 12.1 Å². The summed E-state index contributed by atoms with van der Waals surface area (Å²) in [6.07, 6.45) is 0. The summed E-state index contributed by atoms with van der Waals surface area (Å²) in [5.74, 6) is 0. The van der Waals surface area contributed by atoms with Crippen molar-refractivity contribution in [3.8, 4) is 5.69 Å². The first-order valence-corrected chi connectivity index (χ1v) is 16.9. The maximum atomic E-state index is 6.85. The van der Waals surface area contributed by atoms with Crippen LogP contribution in [0, 0.1) is 0 Å². The average Bonchev–Trinajstić information content (AvgIpc) is 3.84. The summed E-state index contributed by atoms with van der Waals surface area (Å²) < 4.78 is 15.7. The monoisotopic (exact) mass is 640 g/mol. The van der Waals surface area contributed by atoms with Crippen LogP contribution in [0.5, 0.6) is 0 Å². The highest BCUT2D eigenvalue weighted by Gasteiger charge is 2.25. The number of para-hydroxylation sites is 4. The first-order chi connectivity index (χ1) is 24.8. The zero-order valence-corrected chi connectivity index (χ0v) is 26.9. The van der Waals surface area contributed by atoms with Crippen LogP contribution in [0.25, 0.3) is 82.1 Å². The molecule has 0 aliphatic heterocycles. The molecule has 0 unspecified atom stereocenters. The normalized spacial score (nSPS) is 12.0. The molecule has 0 atom stereocenters. The Balaban J connectivity index is 1.25. The molecule has 4 nitrogen and oxygen atoms in total. The van der Waals surface area contributed by atoms with Gasteiger partial charge in [0, 0.05) is 44.1 Å². The third-order valence-electron chi connectivity index (χ3n) is 10.1. The van der Waals surface area contributed by atoms with Gasteiger partial charge in [-0.05, 0) is 77.5 Å². The van der Waals surface area contributed by atoms with Crippen molar-refractivity contribution in [3.63, 3.8) is 0 Å². The lowest BCUT2D eigenvalue weighted by molar-refractivity contribution is 0.667. The maximum Gasteiger partial charge on any atom is 0.159 e. The second-order valence-electron chi connectivity index (χ2n) is 12.9. The first kappa shape index (κ1) is 27.2.